The quantitative estimate of drug-likeness (QED) is 0.764. The Morgan fingerprint density at radius 2 is 2.12 bits per heavy atom. The van der Waals surface area contributed by atoms with Crippen LogP contribution in [0.4, 0.5) is 5.82 Å². The van der Waals surface area contributed by atoms with E-state index in [9.17, 15) is 4.79 Å². The number of rotatable bonds is 4. The number of benzene rings is 1. The van der Waals surface area contributed by atoms with Crippen molar-refractivity contribution in [3.8, 4) is 11.3 Å². The Labute approximate surface area is 143 Å². The van der Waals surface area contributed by atoms with Crippen LogP contribution in [0.25, 0.3) is 21.5 Å². The smallest absolute Gasteiger partial charge is 0.220 e. The summed E-state index contributed by atoms with van der Waals surface area (Å²) in [5, 5.41) is 6.38. The Bertz CT molecular complexity index is 894. The molecule has 122 valence electrons. The Kier molecular flexibility index (Phi) is 3.65. The van der Waals surface area contributed by atoms with Crippen LogP contribution < -0.4 is 10.6 Å². The van der Waals surface area contributed by atoms with E-state index in [0.717, 1.165) is 33.7 Å². The molecule has 1 unspecified atom stereocenters. The minimum Gasteiger partial charge on any atom is -0.366 e. The van der Waals surface area contributed by atoms with E-state index < -0.39 is 0 Å². The van der Waals surface area contributed by atoms with Crippen molar-refractivity contribution in [1.82, 2.24) is 19.7 Å². The van der Waals surface area contributed by atoms with E-state index in [1.807, 2.05) is 37.3 Å². The molecule has 1 aromatic carbocycles. The van der Waals surface area contributed by atoms with Gasteiger partial charge in [-0.05, 0) is 24.9 Å². The molecule has 1 aliphatic rings. The highest BCUT2D eigenvalue weighted by Gasteiger charge is 2.33. The first-order valence-corrected chi connectivity index (χ1v) is 8.63. The molecular formula is C17H17N5OS. The van der Waals surface area contributed by atoms with Gasteiger partial charge in [-0.2, -0.15) is 4.37 Å². The number of nitrogens with one attached hydrogen (secondary N) is 2. The lowest BCUT2D eigenvalue weighted by atomic mass is 10.0. The average molecular weight is 339 g/mol. The zero-order chi connectivity index (χ0) is 16.6. The number of fused-ring (bicyclic) bond motifs is 1. The summed E-state index contributed by atoms with van der Waals surface area (Å²) >= 11 is 1.39. The summed E-state index contributed by atoms with van der Waals surface area (Å²) in [7, 11) is 0. The van der Waals surface area contributed by atoms with Crippen molar-refractivity contribution >= 4 is 33.5 Å². The van der Waals surface area contributed by atoms with E-state index in [1.165, 1.54) is 11.5 Å². The number of anilines is 1. The average Bonchev–Trinajstić information content (AvgIpc) is 3.18. The number of hydrogen-bond acceptors (Lipinski definition) is 6. The van der Waals surface area contributed by atoms with E-state index >= 15 is 0 Å². The molecule has 2 aromatic heterocycles. The molecule has 1 saturated heterocycles. The van der Waals surface area contributed by atoms with Gasteiger partial charge >= 0.3 is 0 Å². The fourth-order valence-electron chi connectivity index (χ4n) is 2.94. The van der Waals surface area contributed by atoms with E-state index in [4.69, 9.17) is 0 Å². The summed E-state index contributed by atoms with van der Waals surface area (Å²) in [5.74, 6) is 0.873. The molecule has 24 heavy (non-hydrogen) atoms. The summed E-state index contributed by atoms with van der Waals surface area (Å²) in [6.07, 6.45) is 2.96. The second-order valence-electron chi connectivity index (χ2n) is 6.26. The first kappa shape index (κ1) is 15.0. The number of carbonyl (C=O) groups excluding carboxylic acids is 1. The summed E-state index contributed by atoms with van der Waals surface area (Å²) in [5.41, 5.74) is 2.54. The number of aromatic nitrogens is 3. The largest absolute Gasteiger partial charge is 0.366 e. The van der Waals surface area contributed by atoms with Crippen LogP contribution in [-0.4, -0.2) is 32.3 Å². The zero-order valence-electron chi connectivity index (χ0n) is 13.2. The lowest BCUT2D eigenvalue weighted by Gasteiger charge is -2.24. The Morgan fingerprint density at radius 1 is 1.29 bits per heavy atom. The zero-order valence-corrected chi connectivity index (χ0v) is 14.1. The summed E-state index contributed by atoms with van der Waals surface area (Å²) in [6, 6.07) is 10.0. The minimum absolute atomic E-state index is 0.108. The van der Waals surface area contributed by atoms with E-state index in [-0.39, 0.29) is 11.4 Å². The number of nitrogens with zero attached hydrogens (tertiary/aromatic N) is 3. The number of amides is 1. The van der Waals surface area contributed by atoms with Crippen LogP contribution in [-0.2, 0) is 4.79 Å². The third-order valence-electron chi connectivity index (χ3n) is 4.29. The van der Waals surface area contributed by atoms with E-state index in [1.54, 1.807) is 6.33 Å². The van der Waals surface area contributed by atoms with Crippen LogP contribution in [0.3, 0.4) is 0 Å². The molecule has 6 nitrogen and oxygen atoms in total. The lowest BCUT2D eigenvalue weighted by molar-refractivity contribution is -0.119. The van der Waals surface area contributed by atoms with Gasteiger partial charge in [0.25, 0.3) is 0 Å². The molecule has 1 atom stereocenters. The molecule has 0 spiro atoms. The fourth-order valence-corrected chi connectivity index (χ4v) is 3.76. The number of hydrogen-bond donors (Lipinski definition) is 2. The predicted molar refractivity (Wildman–Crippen MR) is 94.9 cm³/mol. The second-order valence-corrected chi connectivity index (χ2v) is 7.03. The SMILES string of the molecule is CC1(CNc2ncnc3c(-c4ccccc4)nsc23)CCC(=O)N1. The van der Waals surface area contributed by atoms with E-state index in [0.29, 0.717) is 13.0 Å². The van der Waals surface area contributed by atoms with Crippen molar-refractivity contribution in [3.05, 3.63) is 36.7 Å². The highest BCUT2D eigenvalue weighted by atomic mass is 32.1. The van der Waals surface area contributed by atoms with Crippen LogP contribution in [0.1, 0.15) is 19.8 Å². The molecule has 1 fully saturated rings. The van der Waals surface area contributed by atoms with Gasteiger partial charge in [-0.15, -0.1) is 0 Å². The van der Waals surface area contributed by atoms with Crippen LogP contribution in [0.5, 0.6) is 0 Å². The maximum atomic E-state index is 11.5. The van der Waals surface area contributed by atoms with Crippen LogP contribution in [0.15, 0.2) is 36.7 Å². The fraction of sp³-hybridized carbons (Fsp3) is 0.294. The summed E-state index contributed by atoms with van der Waals surface area (Å²) in [4.78, 5) is 20.2. The van der Waals surface area contributed by atoms with Crippen molar-refractivity contribution in [2.75, 3.05) is 11.9 Å². The van der Waals surface area contributed by atoms with E-state index in [2.05, 4.69) is 25.0 Å². The molecule has 0 saturated carbocycles. The lowest BCUT2D eigenvalue weighted by Crippen LogP contribution is -2.44. The molecule has 4 rings (SSSR count). The molecule has 0 bridgehead atoms. The minimum atomic E-state index is -0.235. The van der Waals surface area contributed by atoms with Crippen molar-refractivity contribution in [1.29, 1.82) is 0 Å². The van der Waals surface area contributed by atoms with Gasteiger partial charge in [0.15, 0.2) is 0 Å². The van der Waals surface area contributed by atoms with Gasteiger partial charge < -0.3 is 10.6 Å². The summed E-state index contributed by atoms with van der Waals surface area (Å²) < 4.78 is 5.50. The molecule has 7 heteroatoms. The van der Waals surface area contributed by atoms with Gasteiger partial charge in [0.05, 0.1) is 5.54 Å². The first-order valence-electron chi connectivity index (χ1n) is 7.85. The molecule has 3 aromatic rings. The van der Waals surface area contributed by atoms with Gasteiger partial charge in [0.2, 0.25) is 5.91 Å². The maximum Gasteiger partial charge on any atom is 0.220 e. The van der Waals surface area contributed by atoms with Gasteiger partial charge in [0.1, 0.15) is 28.1 Å². The van der Waals surface area contributed by atoms with Gasteiger partial charge in [-0.1, -0.05) is 30.3 Å². The molecule has 0 radical (unpaired) electrons. The normalized spacial score (nSPS) is 20.3. The Morgan fingerprint density at radius 3 is 2.88 bits per heavy atom. The highest BCUT2D eigenvalue weighted by molar-refractivity contribution is 7.14. The van der Waals surface area contributed by atoms with Crippen LogP contribution in [0.2, 0.25) is 0 Å². The Hall–Kier alpha value is -2.54. The molecule has 2 N–H and O–H groups in total. The van der Waals surface area contributed by atoms with Gasteiger partial charge in [0, 0.05) is 18.5 Å². The monoisotopic (exact) mass is 339 g/mol. The standard InChI is InChI=1S/C17H17N5OS/c1-17(8-7-12(23)21-17)9-18-16-15-14(19-10-20-16)13(22-24-15)11-5-3-2-4-6-11/h2-6,10H,7-9H2,1H3,(H,21,23)(H,18,19,20). The number of carbonyl (C=O) groups is 1. The first-order chi connectivity index (χ1) is 11.6. The third-order valence-corrected chi connectivity index (χ3v) is 5.14. The second kappa shape index (κ2) is 5.83. The molecule has 3 heterocycles. The predicted octanol–water partition coefficient (Wildman–Crippen LogP) is 2.83. The van der Waals surface area contributed by atoms with Crippen molar-refractivity contribution in [2.45, 2.75) is 25.3 Å². The molecule has 0 aliphatic carbocycles. The van der Waals surface area contributed by atoms with Gasteiger partial charge in [-0.3, -0.25) is 4.79 Å². The van der Waals surface area contributed by atoms with Crippen LogP contribution in [0, 0.1) is 0 Å². The third kappa shape index (κ3) is 2.71. The molecular weight excluding hydrogens is 322 g/mol. The molecule has 1 aliphatic heterocycles. The van der Waals surface area contributed by atoms with Gasteiger partial charge in [-0.25, -0.2) is 9.97 Å². The maximum absolute atomic E-state index is 11.5. The topological polar surface area (TPSA) is 79.8 Å². The van der Waals surface area contributed by atoms with Crippen LogP contribution >= 0.6 is 11.5 Å². The Balaban J connectivity index is 1.63. The van der Waals surface area contributed by atoms with Crippen molar-refractivity contribution in [2.24, 2.45) is 0 Å². The summed E-state index contributed by atoms with van der Waals surface area (Å²) in [6.45, 7) is 2.68. The molecule has 1 amide bonds. The van der Waals surface area contributed by atoms with Crippen molar-refractivity contribution in [3.63, 3.8) is 0 Å². The van der Waals surface area contributed by atoms with Crippen molar-refractivity contribution < 1.29 is 4.79 Å². The highest BCUT2D eigenvalue weighted by Crippen LogP contribution is 2.32.